The predicted octanol–water partition coefficient (Wildman–Crippen LogP) is 4.22. The lowest BCUT2D eigenvalue weighted by Crippen LogP contribution is -2.36. The summed E-state index contributed by atoms with van der Waals surface area (Å²) in [6.07, 6.45) is 3.21. The molecule has 1 aliphatic heterocycles. The molecular formula is C27H40O5. The topological polar surface area (TPSA) is 87.0 Å². The summed E-state index contributed by atoms with van der Waals surface area (Å²) in [7, 11) is 0. The maximum absolute atomic E-state index is 11.9. The zero-order chi connectivity index (χ0) is 26.0. The Kier molecular flexibility index (Phi) is 5.45. The number of rotatable bonds is 4. The van der Waals surface area contributed by atoms with Gasteiger partial charge in [-0.3, -0.25) is 0 Å². The molecule has 0 aromatic heterocycles. The van der Waals surface area contributed by atoms with E-state index in [0.717, 1.165) is 38.5 Å². The van der Waals surface area contributed by atoms with Crippen LogP contribution in [0.5, 0.6) is 0 Å². The number of carbonyl (C=O) groups is 1. The van der Waals surface area contributed by atoms with Crippen LogP contribution in [0.25, 0.3) is 0 Å². The van der Waals surface area contributed by atoms with Crippen LogP contribution in [0.4, 0.5) is 0 Å². The molecule has 0 aromatic rings. The Bertz CT molecular complexity index is 952. The maximum atomic E-state index is 11.9. The van der Waals surface area contributed by atoms with Gasteiger partial charge in [-0.15, -0.1) is 0 Å². The molecule has 32 heavy (non-hydrogen) atoms. The lowest BCUT2D eigenvalue weighted by atomic mass is 9.60. The molecule has 4 fully saturated rings. The lowest BCUT2D eigenvalue weighted by Gasteiger charge is -2.44. The van der Waals surface area contributed by atoms with Crippen LogP contribution in [0.3, 0.4) is 0 Å². The average Bonchev–Trinajstić information content (AvgIpc) is 3.21. The summed E-state index contributed by atoms with van der Waals surface area (Å²) >= 11 is 0. The molecular weight excluding hydrogens is 404 g/mol. The van der Waals surface area contributed by atoms with Gasteiger partial charge in [0.05, 0.1) is 13.6 Å². The van der Waals surface area contributed by atoms with Gasteiger partial charge in [-0.1, -0.05) is 38.2 Å². The average molecular weight is 448 g/mol. The number of cyclic esters (lactones) is 1. The molecule has 178 valence electrons. The smallest absolute Gasteiger partial charge is 0.338 e. The van der Waals surface area contributed by atoms with Crippen LogP contribution in [-0.4, -0.2) is 45.2 Å². The summed E-state index contributed by atoms with van der Waals surface area (Å²) in [5.41, 5.74) is 0.237. The highest BCUT2D eigenvalue weighted by Gasteiger charge is 2.52. The van der Waals surface area contributed by atoms with Gasteiger partial charge in [0, 0.05) is 15.6 Å². The van der Waals surface area contributed by atoms with E-state index in [9.17, 15) is 20.1 Å². The van der Waals surface area contributed by atoms with Crippen molar-refractivity contribution in [3.8, 4) is 0 Å². The Hall–Kier alpha value is -1.43. The number of esters is 1. The minimum Gasteiger partial charge on any atom is -0.460 e. The normalized spacial score (nSPS) is 51.1. The largest absolute Gasteiger partial charge is 0.460 e. The van der Waals surface area contributed by atoms with Crippen molar-refractivity contribution in [1.82, 2.24) is 0 Å². The second-order valence-corrected chi connectivity index (χ2v) is 11.0. The molecule has 5 heteroatoms. The van der Waals surface area contributed by atoms with E-state index >= 15 is 0 Å². The van der Waals surface area contributed by atoms with Crippen molar-refractivity contribution < 1.29 is 29.0 Å². The first-order valence-electron chi connectivity index (χ1n) is 13.5. The van der Waals surface area contributed by atoms with Gasteiger partial charge in [-0.05, 0) is 86.1 Å². The molecule has 3 N–H and O–H groups in total. The summed E-state index contributed by atoms with van der Waals surface area (Å²) in [6.45, 7) is 9.92. The first-order valence-corrected chi connectivity index (χ1v) is 12.0. The molecule has 1 unspecified atom stereocenters. The number of hydrogen-bond acceptors (Lipinski definition) is 5. The zero-order valence-corrected chi connectivity index (χ0v) is 19.6. The highest BCUT2D eigenvalue weighted by molar-refractivity contribution is 5.80. The molecule has 0 radical (unpaired) electrons. The number of allylic oxidation sites excluding steroid dienone is 3. The molecule has 1 heterocycles. The Balaban J connectivity index is 1.54. The highest BCUT2D eigenvalue weighted by atomic mass is 16.6. The van der Waals surface area contributed by atoms with Crippen LogP contribution in [0.1, 0.15) is 82.6 Å². The fourth-order valence-corrected chi connectivity index (χ4v) is 6.88. The van der Waals surface area contributed by atoms with E-state index < -0.39 is 36.5 Å². The van der Waals surface area contributed by atoms with Crippen LogP contribution in [0.15, 0.2) is 35.5 Å². The van der Waals surface area contributed by atoms with Gasteiger partial charge in [0.15, 0.2) is 5.60 Å². The first-order chi connectivity index (χ1) is 16.1. The zero-order valence-electron chi connectivity index (χ0n) is 22.6. The molecule has 0 amide bonds. The van der Waals surface area contributed by atoms with Crippen LogP contribution in [0, 0.1) is 23.2 Å². The van der Waals surface area contributed by atoms with Gasteiger partial charge < -0.3 is 20.1 Å². The third kappa shape index (κ3) is 4.36. The second kappa shape index (κ2) is 8.73. The van der Waals surface area contributed by atoms with Gasteiger partial charge in [-0.2, -0.15) is 0 Å². The minimum absolute atomic E-state index is 0.0748. The van der Waals surface area contributed by atoms with Crippen molar-refractivity contribution >= 4 is 5.97 Å². The summed E-state index contributed by atoms with van der Waals surface area (Å²) in [4.78, 5) is 11.9. The standard InChI is InChI=1S/C27H40O5/c1-16(12-21-15-27(4,31)25(30)32-21)22-9-10-23-18(6-5-11-26(22,23)3)7-8-19-13-20(28)14-24(29)17(19)2/h7-8,16,20-24,28-29,31H,2,5-6,9-15H2,1,3-4H3/b18-7+,19-8-/t16-,20-,21?,22-,23+,24+,26-,27-/m1/s1/i13D2,20D. The van der Waals surface area contributed by atoms with E-state index in [1.165, 1.54) is 12.5 Å². The lowest BCUT2D eigenvalue weighted by molar-refractivity contribution is -0.154. The van der Waals surface area contributed by atoms with Gasteiger partial charge in [0.1, 0.15) is 6.10 Å². The van der Waals surface area contributed by atoms with Crippen LogP contribution in [-0.2, 0) is 9.53 Å². The summed E-state index contributed by atoms with van der Waals surface area (Å²) in [5.74, 6) is 0.590. The van der Waals surface area contributed by atoms with Gasteiger partial charge in [0.25, 0.3) is 0 Å². The molecule has 4 rings (SSSR count). The molecule has 4 aliphatic rings. The molecule has 0 aromatic carbocycles. The van der Waals surface area contributed by atoms with Crippen LogP contribution >= 0.6 is 0 Å². The molecule has 1 saturated heterocycles. The summed E-state index contributed by atoms with van der Waals surface area (Å²) in [6, 6.07) is 0. The fraction of sp³-hybridized carbons (Fsp3) is 0.741. The number of carbonyl (C=O) groups excluding carboxylic acids is 1. The van der Waals surface area contributed by atoms with E-state index in [0.29, 0.717) is 24.2 Å². The quantitative estimate of drug-likeness (QED) is 0.562. The van der Waals surface area contributed by atoms with Crippen LogP contribution < -0.4 is 0 Å². The Labute approximate surface area is 196 Å². The van der Waals surface area contributed by atoms with E-state index in [4.69, 9.17) is 8.85 Å². The number of ether oxygens (including phenoxy) is 1. The number of fused-ring (bicyclic) bond motifs is 1. The second-order valence-electron chi connectivity index (χ2n) is 11.0. The van der Waals surface area contributed by atoms with Crippen molar-refractivity contribution in [3.63, 3.8) is 0 Å². The van der Waals surface area contributed by atoms with Gasteiger partial charge in [-0.25, -0.2) is 4.79 Å². The predicted molar refractivity (Wildman–Crippen MR) is 124 cm³/mol. The third-order valence-electron chi connectivity index (χ3n) is 8.58. The first kappa shape index (κ1) is 20.0. The molecule has 5 nitrogen and oxygen atoms in total. The number of hydrogen-bond donors (Lipinski definition) is 3. The fourth-order valence-electron chi connectivity index (χ4n) is 6.88. The van der Waals surface area contributed by atoms with Crippen molar-refractivity contribution in [1.29, 1.82) is 0 Å². The van der Waals surface area contributed by atoms with E-state index in [1.54, 1.807) is 6.08 Å². The monoisotopic (exact) mass is 447 g/mol. The van der Waals surface area contributed by atoms with Gasteiger partial charge >= 0.3 is 5.97 Å². The summed E-state index contributed by atoms with van der Waals surface area (Å²) in [5, 5.41) is 30.8. The van der Waals surface area contributed by atoms with Crippen LogP contribution in [0.2, 0.25) is 0 Å². The summed E-state index contributed by atoms with van der Waals surface area (Å²) < 4.78 is 30.2. The van der Waals surface area contributed by atoms with E-state index in [1.807, 2.05) is 6.08 Å². The van der Waals surface area contributed by atoms with E-state index in [2.05, 4.69) is 20.4 Å². The molecule has 8 atom stereocenters. The molecule has 3 aliphatic carbocycles. The number of aliphatic hydroxyl groups is 3. The molecule has 0 spiro atoms. The van der Waals surface area contributed by atoms with Crippen molar-refractivity contribution in [3.05, 3.63) is 35.5 Å². The minimum atomic E-state index is -2.42. The van der Waals surface area contributed by atoms with E-state index in [-0.39, 0.29) is 22.7 Å². The Morgan fingerprint density at radius 3 is 2.78 bits per heavy atom. The van der Waals surface area contributed by atoms with Gasteiger partial charge in [0.2, 0.25) is 0 Å². The SMILES string of the molecule is [2H]C1([2H])/C(=C/C=C2\CCC[C@]3(C)[C@@H]([C@H](C)CC4C[C@@](C)(O)C(=O)O4)CC[C@@H]23)C(=C)[C@@H](O)C[C@]1([2H])O. The number of aliphatic hydroxyl groups excluding tert-OH is 1. The molecule has 0 bridgehead atoms. The van der Waals surface area contributed by atoms with Crippen molar-refractivity contribution in [2.75, 3.05) is 0 Å². The Morgan fingerprint density at radius 2 is 2.09 bits per heavy atom. The van der Waals surface area contributed by atoms with Crippen molar-refractivity contribution in [2.24, 2.45) is 23.2 Å². The Morgan fingerprint density at radius 1 is 1.34 bits per heavy atom. The highest BCUT2D eigenvalue weighted by Crippen LogP contribution is 2.60. The van der Waals surface area contributed by atoms with Crippen molar-refractivity contribution in [2.45, 2.75) is 102 Å². The maximum Gasteiger partial charge on any atom is 0.338 e. The molecule has 3 saturated carbocycles. The third-order valence-corrected chi connectivity index (χ3v) is 8.58.